The van der Waals surface area contributed by atoms with Crippen LogP contribution in [-0.2, 0) is 6.42 Å². The van der Waals surface area contributed by atoms with Gasteiger partial charge in [0.15, 0.2) is 11.5 Å². The molecule has 1 aliphatic rings. The largest absolute Gasteiger partial charge is 0.493 e. The van der Waals surface area contributed by atoms with E-state index in [0.29, 0.717) is 24.5 Å². The summed E-state index contributed by atoms with van der Waals surface area (Å²) in [6, 6.07) is 19.4. The fraction of sp³-hybridized carbons (Fsp3) is 0.208. The van der Waals surface area contributed by atoms with E-state index in [0.717, 1.165) is 16.7 Å². The van der Waals surface area contributed by atoms with Gasteiger partial charge in [-0.15, -0.1) is 0 Å². The van der Waals surface area contributed by atoms with Crippen LogP contribution >= 0.6 is 0 Å². The Morgan fingerprint density at radius 1 is 0.966 bits per heavy atom. The van der Waals surface area contributed by atoms with Gasteiger partial charge in [0, 0.05) is 6.54 Å². The summed E-state index contributed by atoms with van der Waals surface area (Å²) < 4.78 is 25.3. The van der Waals surface area contributed by atoms with Gasteiger partial charge in [-0.25, -0.2) is 4.39 Å². The van der Waals surface area contributed by atoms with Gasteiger partial charge in [-0.3, -0.25) is 4.79 Å². The van der Waals surface area contributed by atoms with E-state index < -0.39 is 5.82 Å². The molecule has 1 atom stereocenters. The lowest BCUT2D eigenvalue weighted by Gasteiger charge is -2.38. The number of fused-ring (bicyclic) bond motifs is 1. The molecule has 0 spiro atoms. The maximum atomic E-state index is 14.4. The smallest absolute Gasteiger partial charge is 0.257 e. The van der Waals surface area contributed by atoms with Crippen molar-refractivity contribution in [1.29, 1.82) is 0 Å². The standard InChI is InChI=1S/C24H22FNO3/c1-28-21-14-17-12-13-26(24(27)18-10-6-7-11-20(18)25)23(16-8-4-3-5-9-16)19(17)15-22(21)29-2/h3-11,14-15,23H,12-13H2,1-2H3/t23-/m0/s1. The number of hydrogen-bond acceptors (Lipinski definition) is 3. The molecule has 1 amide bonds. The van der Waals surface area contributed by atoms with Crippen LogP contribution in [-0.4, -0.2) is 31.6 Å². The normalized spacial score (nSPS) is 15.6. The molecule has 0 bridgehead atoms. The van der Waals surface area contributed by atoms with E-state index in [1.165, 1.54) is 12.1 Å². The molecule has 0 saturated carbocycles. The van der Waals surface area contributed by atoms with Crippen LogP contribution in [0, 0.1) is 5.82 Å². The Morgan fingerprint density at radius 2 is 1.62 bits per heavy atom. The molecule has 148 valence electrons. The van der Waals surface area contributed by atoms with Crippen molar-refractivity contribution in [2.24, 2.45) is 0 Å². The fourth-order valence-corrected chi connectivity index (χ4v) is 3.95. The Hall–Kier alpha value is -3.34. The third-order valence-corrected chi connectivity index (χ3v) is 5.35. The molecule has 0 radical (unpaired) electrons. The van der Waals surface area contributed by atoms with Crippen molar-refractivity contribution in [3.05, 3.63) is 94.8 Å². The fourth-order valence-electron chi connectivity index (χ4n) is 3.95. The number of nitrogens with zero attached hydrogens (tertiary/aromatic N) is 1. The van der Waals surface area contributed by atoms with Gasteiger partial charge in [-0.2, -0.15) is 0 Å². The summed E-state index contributed by atoms with van der Waals surface area (Å²) in [5.41, 5.74) is 3.10. The van der Waals surface area contributed by atoms with Crippen LogP contribution in [0.25, 0.3) is 0 Å². The van der Waals surface area contributed by atoms with E-state index in [2.05, 4.69) is 0 Å². The van der Waals surface area contributed by atoms with E-state index in [4.69, 9.17) is 9.47 Å². The highest BCUT2D eigenvalue weighted by Crippen LogP contribution is 2.41. The minimum absolute atomic E-state index is 0.0809. The minimum Gasteiger partial charge on any atom is -0.493 e. The first-order chi connectivity index (χ1) is 14.1. The molecule has 5 heteroatoms. The summed E-state index contributed by atoms with van der Waals surface area (Å²) in [7, 11) is 3.20. The number of carbonyl (C=O) groups excluding carboxylic acids is 1. The third-order valence-electron chi connectivity index (χ3n) is 5.35. The second-order valence-corrected chi connectivity index (χ2v) is 6.95. The van der Waals surface area contributed by atoms with E-state index in [1.807, 2.05) is 42.5 Å². The van der Waals surface area contributed by atoms with Gasteiger partial charge in [0.05, 0.1) is 25.8 Å². The van der Waals surface area contributed by atoms with Crippen LogP contribution in [0.15, 0.2) is 66.7 Å². The predicted octanol–water partition coefficient (Wildman–Crippen LogP) is 4.63. The topological polar surface area (TPSA) is 38.8 Å². The lowest BCUT2D eigenvalue weighted by atomic mass is 9.87. The molecular formula is C24H22FNO3. The Balaban J connectivity index is 1.86. The van der Waals surface area contributed by atoms with Crippen molar-refractivity contribution < 1.29 is 18.7 Å². The summed E-state index contributed by atoms with van der Waals surface area (Å²) in [6.07, 6.45) is 0.652. The van der Waals surface area contributed by atoms with Crippen molar-refractivity contribution in [2.75, 3.05) is 20.8 Å². The first-order valence-electron chi connectivity index (χ1n) is 9.49. The van der Waals surface area contributed by atoms with E-state index >= 15 is 0 Å². The van der Waals surface area contributed by atoms with Gasteiger partial charge >= 0.3 is 0 Å². The van der Waals surface area contributed by atoms with Crippen molar-refractivity contribution in [3.8, 4) is 11.5 Å². The Kier molecular flexibility index (Phi) is 5.21. The van der Waals surface area contributed by atoms with Crippen LogP contribution in [0.4, 0.5) is 4.39 Å². The van der Waals surface area contributed by atoms with Crippen LogP contribution in [0.5, 0.6) is 11.5 Å². The van der Waals surface area contributed by atoms with Gasteiger partial charge in [0.25, 0.3) is 5.91 Å². The lowest BCUT2D eigenvalue weighted by Crippen LogP contribution is -2.41. The molecule has 29 heavy (non-hydrogen) atoms. The maximum Gasteiger partial charge on any atom is 0.257 e. The molecule has 3 aromatic rings. The summed E-state index contributed by atoms with van der Waals surface area (Å²) >= 11 is 0. The maximum absolute atomic E-state index is 14.4. The van der Waals surface area contributed by atoms with E-state index in [-0.39, 0.29) is 17.5 Å². The van der Waals surface area contributed by atoms with Crippen molar-refractivity contribution in [2.45, 2.75) is 12.5 Å². The number of amides is 1. The van der Waals surface area contributed by atoms with Gasteiger partial charge in [-0.05, 0) is 47.4 Å². The SMILES string of the molecule is COc1cc2c(cc1OC)[C@H](c1ccccc1)N(C(=O)c1ccccc1F)CC2. The minimum atomic E-state index is -0.512. The van der Waals surface area contributed by atoms with Crippen LogP contribution in [0.3, 0.4) is 0 Å². The van der Waals surface area contributed by atoms with Gasteiger partial charge < -0.3 is 14.4 Å². The number of halogens is 1. The molecule has 0 N–H and O–H groups in total. The van der Waals surface area contributed by atoms with Gasteiger partial charge in [-0.1, -0.05) is 42.5 Å². The van der Waals surface area contributed by atoms with Crippen LogP contribution in [0.1, 0.15) is 33.1 Å². The summed E-state index contributed by atoms with van der Waals surface area (Å²) in [6.45, 7) is 0.481. The van der Waals surface area contributed by atoms with E-state index in [1.54, 1.807) is 31.3 Å². The first kappa shape index (κ1) is 19.0. The number of methoxy groups -OCH3 is 2. The molecule has 0 aromatic heterocycles. The van der Waals surface area contributed by atoms with Gasteiger partial charge in [0.2, 0.25) is 0 Å². The second kappa shape index (κ2) is 7.95. The molecule has 3 aromatic carbocycles. The molecule has 1 heterocycles. The zero-order valence-corrected chi connectivity index (χ0v) is 16.4. The van der Waals surface area contributed by atoms with Crippen LogP contribution < -0.4 is 9.47 Å². The molecular weight excluding hydrogens is 369 g/mol. The average molecular weight is 391 g/mol. The Labute approximate surface area is 169 Å². The molecule has 4 rings (SSSR count). The summed E-state index contributed by atoms with van der Waals surface area (Å²) in [5, 5.41) is 0. The van der Waals surface area contributed by atoms with E-state index in [9.17, 15) is 9.18 Å². The quantitative estimate of drug-likeness (QED) is 0.651. The number of hydrogen-bond donors (Lipinski definition) is 0. The van der Waals surface area contributed by atoms with Crippen molar-refractivity contribution in [1.82, 2.24) is 4.90 Å². The van der Waals surface area contributed by atoms with Crippen LogP contribution in [0.2, 0.25) is 0 Å². The Morgan fingerprint density at radius 3 is 2.31 bits per heavy atom. The van der Waals surface area contributed by atoms with Crippen molar-refractivity contribution >= 4 is 5.91 Å². The summed E-state index contributed by atoms with van der Waals surface area (Å²) in [5.74, 6) is 0.430. The highest BCUT2D eigenvalue weighted by molar-refractivity contribution is 5.95. The number of ether oxygens (including phenoxy) is 2. The second-order valence-electron chi connectivity index (χ2n) is 6.95. The number of carbonyl (C=O) groups is 1. The average Bonchev–Trinajstić information content (AvgIpc) is 2.77. The number of benzene rings is 3. The monoisotopic (exact) mass is 391 g/mol. The third kappa shape index (κ3) is 3.44. The first-order valence-corrected chi connectivity index (χ1v) is 9.49. The summed E-state index contributed by atoms with van der Waals surface area (Å²) in [4.78, 5) is 15.1. The molecule has 0 fully saturated rings. The molecule has 0 saturated heterocycles. The molecule has 4 nitrogen and oxygen atoms in total. The molecule has 0 aliphatic carbocycles. The molecule has 1 aliphatic heterocycles. The molecule has 0 unspecified atom stereocenters. The predicted molar refractivity (Wildman–Crippen MR) is 109 cm³/mol. The zero-order valence-electron chi connectivity index (χ0n) is 16.4. The Bertz CT molecular complexity index is 1040. The number of rotatable bonds is 4. The van der Waals surface area contributed by atoms with Crippen molar-refractivity contribution in [3.63, 3.8) is 0 Å². The highest BCUT2D eigenvalue weighted by Gasteiger charge is 2.34. The lowest BCUT2D eigenvalue weighted by molar-refractivity contribution is 0.0689. The zero-order chi connectivity index (χ0) is 20.4. The highest BCUT2D eigenvalue weighted by atomic mass is 19.1. The van der Waals surface area contributed by atoms with Gasteiger partial charge in [0.1, 0.15) is 5.82 Å².